The quantitative estimate of drug-likeness (QED) is 0.640. The zero-order chi connectivity index (χ0) is 17.2. The first-order chi connectivity index (χ1) is 12.2. The summed E-state index contributed by atoms with van der Waals surface area (Å²) in [6, 6.07) is 14.8. The molecular weight excluding hydrogens is 334 g/mol. The number of benzene rings is 2. The molecule has 2 heterocycles. The van der Waals surface area contributed by atoms with Crippen LogP contribution in [0.25, 0.3) is 10.8 Å². The molecule has 2 aromatic carbocycles. The molecule has 0 radical (unpaired) electrons. The van der Waals surface area contributed by atoms with Gasteiger partial charge in [-0.15, -0.1) is 0 Å². The second-order valence-corrected chi connectivity index (χ2v) is 6.76. The first kappa shape index (κ1) is 16.2. The number of aryl methyl sites for hydroxylation is 1. The first-order valence-electron chi connectivity index (χ1n) is 8.59. The van der Waals surface area contributed by atoms with Gasteiger partial charge in [0.15, 0.2) is 0 Å². The Balaban J connectivity index is 1.55. The Morgan fingerprint density at radius 2 is 2.04 bits per heavy atom. The molecule has 25 heavy (non-hydrogen) atoms. The summed E-state index contributed by atoms with van der Waals surface area (Å²) in [5.74, 6) is 1.85. The Labute approximate surface area is 152 Å². The minimum atomic E-state index is 0.293. The number of fused-ring (bicyclic) bond motifs is 1. The number of rotatable bonds is 4. The van der Waals surface area contributed by atoms with Crippen molar-refractivity contribution in [2.75, 3.05) is 18.1 Å². The summed E-state index contributed by atoms with van der Waals surface area (Å²) in [5.41, 5.74) is 1.04. The van der Waals surface area contributed by atoms with Crippen LogP contribution in [0, 0.1) is 6.92 Å². The number of halogens is 1. The van der Waals surface area contributed by atoms with Crippen LogP contribution in [-0.2, 0) is 0 Å². The molecule has 1 saturated heterocycles. The zero-order valence-electron chi connectivity index (χ0n) is 14.2. The second-order valence-electron chi connectivity index (χ2n) is 6.42. The molecule has 0 N–H and O–H groups in total. The van der Waals surface area contributed by atoms with E-state index >= 15 is 0 Å². The average molecular weight is 354 g/mol. The third-order valence-electron chi connectivity index (χ3n) is 4.75. The molecule has 4 rings (SSSR count). The monoisotopic (exact) mass is 353 g/mol. The summed E-state index contributed by atoms with van der Waals surface area (Å²) in [6.45, 7) is 3.62. The van der Waals surface area contributed by atoms with Gasteiger partial charge in [0.2, 0.25) is 5.28 Å². The largest absolute Gasteiger partial charge is 0.491 e. The van der Waals surface area contributed by atoms with Crippen LogP contribution in [0.3, 0.4) is 0 Å². The molecule has 0 amide bonds. The molecule has 0 bridgehead atoms. The number of nitrogens with zero attached hydrogens (tertiary/aromatic N) is 3. The van der Waals surface area contributed by atoms with Crippen molar-refractivity contribution in [3.63, 3.8) is 0 Å². The SMILES string of the molecule is Cc1cnc(Cl)nc1N1CCC[C@@H]1COc1cccc2ccccc12. The van der Waals surface area contributed by atoms with E-state index in [2.05, 4.69) is 33.1 Å². The van der Waals surface area contributed by atoms with Crippen molar-refractivity contribution in [2.45, 2.75) is 25.8 Å². The topological polar surface area (TPSA) is 38.2 Å². The van der Waals surface area contributed by atoms with Crippen LogP contribution in [0.15, 0.2) is 48.7 Å². The molecule has 1 atom stereocenters. The van der Waals surface area contributed by atoms with Crippen LogP contribution < -0.4 is 9.64 Å². The Morgan fingerprint density at radius 1 is 1.20 bits per heavy atom. The molecule has 128 valence electrons. The van der Waals surface area contributed by atoms with E-state index in [4.69, 9.17) is 16.3 Å². The van der Waals surface area contributed by atoms with Crippen molar-refractivity contribution in [1.82, 2.24) is 9.97 Å². The highest BCUT2D eigenvalue weighted by Gasteiger charge is 2.28. The molecule has 0 spiro atoms. The maximum atomic E-state index is 6.21. The lowest BCUT2D eigenvalue weighted by atomic mass is 10.1. The summed E-state index contributed by atoms with van der Waals surface area (Å²) in [7, 11) is 0. The van der Waals surface area contributed by atoms with Gasteiger partial charge in [-0.2, -0.15) is 0 Å². The zero-order valence-corrected chi connectivity index (χ0v) is 14.9. The molecule has 0 aliphatic carbocycles. The second kappa shape index (κ2) is 6.89. The Kier molecular flexibility index (Phi) is 4.45. The van der Waals surface area contributed by atoms with Crippen molar-refractivity contribution >= 4 is 28.2 Å². The smallest absolute Gasteiger partial charge is 0.224 e. The Hall–Kier alpha value is -2.33. The van der Waals surface area contributed by atoms with Crippen LogP contribution in [0.1, 0.15) is 18.4 Å². The lowest BCUT2D eigenvalue weighted by Crippen LogP contribution is -2.35. The van der Waals surface area contributed by atoms with Crippen molar-refractivity contribution in [2.24, 2.45) is 0 Å². The van der Waals surface area contributed by atoms with Crippen molar-refractivity contribution in [3.8, 4) is 5.75 Å². The number of anilines is 1. The van der Waals surface area contributed by atoms with Gasteiger partial charge in [-0.1, -0.05) is 36.4 Å². The third-order valence-corrected chi connectivity index (χ3v) is 4.93. The molecule has 1 fully saturated rings. The van der Waals surface area contributed by atoms with Gasteiger partial charge in [0.25, 0.3) is 0 Å². The van der Waals surface area contributed by atoms with Gasteiger partial charge >= 0.3 is 0 Å². The highest BCUT2D eigenvalue weighted by atomic mass is 35.5. The van der Waals surface area contributed by atoms with Crippen LogP contribution in [-0.4, -0.2) is 29.2 Å². The van der Waals surface area contributed by atoms with Gasteiger partial charge in [-0.25, -0.2) is 9.97 Å². The van der Waals surface area contributed by atoms with Gasteiger partial charge in [-0.3, -0.25) is 0 Å². The fourth-order valence-corrected chi connectivity index (χ4v) is 3.63. The Morgan fingerprint density at radius 3 is 2.96 bits per heavy atom. The third kappa shape index (κ3) is 3.27. The maximum absolute atomic E-state index is 6.21. The van der Waals surface area contributed by atoms with E-state index in [1.165, 1.54) is 5.39 Å². The normalized spacial score (nSPS) is 17.2. The maximum Gasteiger partial charge on any atom is 0.224 e. The van der Waals surface area contributed by atoms with Gasteiger partial charge in [0.05, 0.1) is 6.04 Å². The lowest BCUT2D eigenvalue weighted by Gasteiger charge is -2.27. The van der Waals surface area contributed by atoms with E-state index in [-0.39, 0.29) is 0 Å². The first-order valence-corrected chi connectivity index (χ1v) is 8.96. The molecule has 4 nitrogen and oxygen atoms in total. The van der Waals surface area contributed by atoms with Crippen LogP contribution >= 0.6 is 11.6 Å². The Bertz CT molecular complexity index is 894. The number of aromatic nitrogens is 2. The van der Waals surface area contributed by atoms with E-state index in [1.54, 1.807) is 6.20 Å². The van der Waals surface area contributed by atoms with E-state index in [0.717, 1.165) is 41.9 Å². The van der Waals surface area contributed by atoms with E-state index in [9.17, 15) is 0 Å². The molecule has 1 aliphatic rings. The van der Waals surface area contributed by atoms with Gasteiger partial charge in [-0.05, 0) is 42.8 Å². The predicted octanol–water partition coefficient (Wildman–Crippen LogP) is 4.64. The van der Waals surface area contributed by atoms with Gasteiger partial charge in [0.1, 0.15) is 18.2 Å². The van der Waals surface area contributed by atoms with Gasteiger partial charge in [0, 0.05) is 23.7 Å². The highest BCUT2D eigenvalue weighted by Crippen LogP contribution is 2.29. The van der Waals surface area contributed by atoms with Crippen molar-refractivity contribution < 1.29 is 4.74 Å². The number of hydrogen-bond donors (Lipinski definition) is 0. The summed E-state index contributed by atoms with van der Waals surface area (Å²) < 4.78 is 6.21. The van der Waals surface area contributed by atoms with Crippen molar-refractivity contribution in [3.05, 3.63) is 59.5 Å². The standard InChI is InChI=1S/C20H20ClN3O/c1-14-12-22-20(21)23-19(14)24-11-5-8-16(24)13-25-18-10-4-7-15-6-2-3-9-17(15)18/h2-4,6-7,9-10,12,16H,5,8,11,13H2,1H3/t16-/m1/s1. The molecule has 0 saturated carbocycles. The predicted molar refractivity (Wildman–Crippen MR) is 102 cm³/mol. The van der Waals surface area contributed by atoms with E-state index in [0.29, 0.717) is 17.9 Å². The van der Waals surface area contributed by atoms with Crippen LogP contribution in [0.4, 0.5) is 5.82 Å². The van der Waals surface area contributed by atoms with E-state index in [1.807, 2.05) is 31.2 Å². The minimum absolute atomic E-state index is 0.293. The molecule has 5 heteroatoms. The average Bonchev–Trinajstić information content (AvgIpc) is 3.10. The lowest BCUT2D eigenvalue weighted by molar-refractivity contribution is 0.291. The van der Waals surface area contributed by atoms with Crippen LogP contribution in [0.5, 0.6) is 5.75 Å². The van der Waals surface area contributed by atoms with E-state index < -0.39 is 0 Å². The molecule has 1 aliphatic heterocycles. The molecule has 0 unspecified atom stereocenters. The summed E-state index contributed by atoms with van der Waals surface area (Å²) >= 11 is 6.00. The molecule has 1 aromatic heterocycles. The minimum Gasteiger partial charge on any atom is -0.491 e. The van der Waals surface area contributed by atoms with Gasteiger partial charge < -0.3 is 9.64 Å². The van der Waals surface area contributed by atoms with Crippen LogP contribution in [0.2, 0.25) is 5.28 Å². The highest BCUT2D eigenvalue weighted by molar-refractivity contribution is 6.28. The fraction of sp³-hybridized carbons (Fsp3) is 0.300. The number of ether oxygens (including phenoxy) is 1. The summed E-state index contributed by atoms with van der Waals surface area (Å²) in [6.07, 6.45) is 4.00. The molecule has 3 aromatic rings. The summed E-state index contributed by atoms with van der Waals surface area (Å²) in [4.78, 5) is 10.8. The fourth-order valence-electron chi connectivity index (χ4n) is 3.50. The van der Waals surface area contributed by atoms with Crippen molar-refractivity contribution in [1.29, 1.82) is 0 Å². The summed E-state index contributed by atoms with van der Waals surface area (Å²) in [5, 5.41) is 2.64. The number of hydrogen-bond acceptors (Lipinski definition) is 4. The molecular formula is C20H20ClN3O.